The molecule has 0 unspecified atom stereocenters. The lowest BCUT2D eigenvalue weighted by Crippen LogP contribution is -2.34. The van der Waals surface area contributed by atoms with E-state index in [1.54, 1.807) is 21.8 Å². The monoisotopic (exact) mass is 376 g/mol. The standard InChI is InChI=1S/C18H20N2O3S2/c1-14-4-2-5-15(10-14)20-13-18(11-16(20)21)7-8-19(12-18)25(22,23)17-6-3-9-24-17/h2-6,9-10H,7-8,11-13H2,1H3/t18-/m0/s1. The van der Waals surface area contributed by atoms with E-state index in [0.29, 0.717) is 30.3 Å². The SMILES string of the molecule is Cc1cccc(N2C[C@@]3(CCN(S(=O)(=O)c4cccs4)C3)CC2=O)c1. The first kappa shape index (κ1) is 16.8. The minimum Gasteiger partial charge on any atom is -0.312 e. The van der Waals surface area contributed by atoms with Crippen LogP contribution in [0.4, 0.5) is 5.69 Å². The molecule has 2 aromatic rings. The van der Waals surface area contributed by atoms with Crippen molar-refractivity contribution in [2.24, 2.45) is 5.41 Å². The molecule has 1 atom stereocenters. The number of sulfonamides is 1. The summed E-state index contributed by atoms with van der Waals surface area (Å²) in [5, 5.41) is 1.78. The molecule has 0 aliphatic carbocycles. The molecule has 0 saturated carbocycles. The van der Waals surface area contributed by atoms with Crippen LogP contribution in [-0.4, -0.2) is 38.3 Å². The summed E-state index contributed by atoms with van der Waals surface area (Å²) in [7, 11) is -3.44. The Morgan fingerprint density at radius 1 is 1.16 bits per heavy atom. The Hall–Kier alpha value is -1.70. The van der Waals surface area contributed by atoms with Gasteiger partial charge in [0.1, 0.15) is 4.21 Å². The maximum absolute atomic E-state index is 12.8. The van der Waals surface area contributed by atoms with E-state index in [9.17, 15) is 13.2 Å². The maximum Gasteiger partial charge on any atom is 0.252 e. The number of hydrogen-bond donors (Lipinski definition) is 0. The van der Waals surface area contributed by atoms with E-state index in [1.807, 2.05) is 36.1 Å². The number of carbonyl (C=O) groups is 1. The number of anilines is 1. The lowest BCUT2D eigenvalue weighted by Gasteiger charge is -2.24. The van der Waals surface area contributed by atoms with Crippen molar-refractivity contribution >= 4 is 33.0 Å². The third kappa shape index (κ3) is 2.90. The summed E-state index contributed by atoms with van der Waals surface area (Å²) in [4.78, 5) is 14.4. The number of hydrogen-bond acceptors (Lipinski definition) is 4. The van der Waals surface area contributed by atoms with Crippen molar-refractivity contribution in [2.45, 2.75) is 24.0 Å². The summed E-state index contributed by atoms with van der Waals surface area (Å²) < 4.78 is 27.4. The Kier molecular flexibility index (Phi) is 3.97. The van der Waals surface area contributed by atoms with Crippen LogP contribution in [0.5, 0.6) is 0 Å². The molecule has 0 radical (unpaired) electrons. The van der Waals surface area contributed by atoms with Crippen molar-refractivity contribution in [3.8, 4) is 0 Å². The van der Waals surface area contributed by atoms with E-state index < -0.39 is 10.0 Å². The zero-order valence-electron chi connectivity index (χ0n) is 14.0. The molecular formula is C18H20N2O3S2. The summed E-state index contributed by atoms with van der Waals surface area (Å²) in [6.07, 6.45) is 1.14. The molecule has 2 aliphatic rings. The topological polar surface area (TPSA) is 57.7 Å². The number of thiophene rings is 1. The Morgan fingerprint density at radius 3 is 2.72 bits per heavy atom. The third-order valence-corrected chi connectivity index (χ3v) is 8.34. The van der Waals surface area contributed by atoms with Crippen molar-refractivity contribution in [2.75, 3.05) is 24.5 Å². The largest absolute Gasteiger partial charge is 0.312 e. The van der Waals surface area contributed by atoms with Gasteiger partial charge in [0.25, 0.3) is 10.0 Å². The van der Waals surface area contributed by atoms with Crippen LogP contribution in [-0.2, 0) is 14.8 Å². The second-order valence-corrected chi connectivity index (χ2v) is 10.1. The van der Waals surface area contributed by atoms with E-state index in [4.69, 9.17) is 0 Å². The molecule has 1 amide bonds. The van der Waals surface area contributed by atoms with Gasteiger partial charge in [-0.2, -0.15) is 4.31 Å². The van der Waals surface area contributed by atoms with E-state index >= 15 is 0 Å². The molecule has 3 heterocycles. The minimum atomic E-state index is -3.44. The number of aryl methyl sites for hydroxylation is 1. The highest BCUT2D eigenvalue weighted by Crippen LogP contribution is 2.43. The smallest absolute Gasteiger partial charge is 0.252 e. The lowest BCUT2D eigenvalue weighted by atomic mass is 9.86. The number of carbonyl (C=O) groups excluding carboxylic acids is 1. The van der Waals surface area contributed by atoms with Gasteiger partial charge in [-0.25, -0.2) is 8.42 Å². The van der Waals surface area contributed by atoms with Crippen LogP contribution in [0.1, 0.15) is 18.4 Å². The molecule has 0 bridgehead atoms. The number of benzene rings is 1. The van der Waals surface area contributed by atoms with Gasteiger partial charge in [-0.3, -0.25) is 4.79 Å². The van der Waals surface area contributed by atoms with Gasteiger partial charge < -0.3 is 4.90 Å². The Labute approximate surface area is 151 Å². The molecule has 2 aliphatic heterocycles. The van der Waals surface area contributed by atoms with Crippen molar-refractivity contribution in [1.29, 1.82) is 0 Å². The Bertz CT molecular complexity index is 908. The van der Waals surface area contributed by atoms with Gasteiger partial charge in [0.2, 0.25) is 5.91 Å². The highest BCUT2D eigenvalue weighted by Gasteiger charge is 2.50. The van der Waals surface area contributed by atoms with Crippen LogP contribution in [0.2, 0.25) is 0 Å². The molecule has 25 heavy (non-hydrogen) atoms. The molecule has 7 heteroatoms. The first-order chi connectivity index (χ1) is 11.9. The van der Waals surface area contributed by atoms with Crippen LogP contribution >= 0.6 is 11.3 Å². The van der Waals surface area contributed by atoms with Gasteiger partial charge in [0, 0.05) is 37.2 Å². The Balaban J connectivity index is 1.56. The van der Waals surface area contributed by atoms with E-state index in [2.05, 4.69) is 0 Å². The molecule has 132 valence electrons. The predicted octanol–water partition coefficient (Wildman–Crippen LogP) is 2.87. The quantitative estimate of drug-likeness (QED) is 0.828. The third-order valence-electron chi connectivity index (χ3n) is 5.13. The fourth-order valence-electron chi connectivity index (χ4n) is 3.84. The molecule has 0 N–H and O–H groups in total. The molecule has 1 spiro atoms. The fraction of sp³-hybridized carbons (Fsp3) is 0.389. The molecule has 2 fully saturated rings. The van der Waals surface area contributed by atoms with Gasteiger partial charge in [0.15, 0.2) is 0 Å². The first-order valence-corrected chi connectivity index (χ1v) is 10.6. The summed E-state index contributed by atoms with van der Waals surface area (Å²) in [6, 6.07) is 11.3. The van der Waals surface area contributed by atoms with E-state index in [0.717, 1.165) is 17.7 Å². The molecule has 5 nitrogen and oxygen atoms in total. The number of nitrogens with zero attached hydrogens (tertiary/aromatic N) is 2. The minimum absolute atomic E-state index is 0.0842. The van der Waals surface area contributed by atoms with Crippen molar-refractivity contribution in [1.82, 2.24) is 4.31 Å². The van der Waals surface area contributed by atoms with Gasteiger partial charge in [0.05, 0.1) is 0 Å². The highest BCUT2D eigenvalue weighted by molar-refractivity contribution is 7.91. The second-order valence-electron chi connectivity index (χ2n) is 7.02. The van der Waals surface area contributed by atoms with Crippen LogP contribution < -0.4 is 4.90 Å². The molecule has 1 aromatic carbocycles. The molecule has 1 aromatic heterocycles. The summed E-state index contributed by atoms with van der Waals surface area (Å²) >= 11 is 1.24. The summed E-state index contributed by atoms with van der Waals surface area (Å²) in [6.45, 7) is 3.49. The Morgan fingerprint density at radius 2 is 2.00 bits per heavy atom. The van der Waals surface area contributed by atoms with Crippen LogP contribution in [0, 0.1) is 12.3 Å². The maximum atomic E-state index is 12.8. The average Bonchev–Trinajstić information content (AvgIpc) is 3.29. The fourth-order valence-corrected chi connectivity index (χ4v) is 6.54. The van der Waals surface area contributed by atoms with Crippen LogP contribution in [0.3, 0.4) is 0 Å². The molecular weight excluding hydrogens is 356 g/mol. The lowest BCUT2D eigenvalue weighted by molar-refractivity contribution is -0.117. The average molecular weight is 377 g/mol. The zero-order chi connectivity index (χ0) is 17.7. The summed E-state index contributed by atoms with van der Waals surface area (Å²) in [5.41, 5.74) is 1.74. The van der Waals surface area contributed by atoms with Gasteiger partial charge in [-0.05, 0) is 42.5 Å². The van der Waals surface area contributed by atoms with E-state index in [1.165, 1.54) is 11.3 Å². The predicted molar refractivity (Wildman–Crippen MR) is 98.3 cm³/mol. The first-order valence-electron chi connectivity index (χ1n) is 8.30. The number of amides is 1. The van der Waals surface area contributed by atoms with Gasteiger partial charge in [-0.1, -0.05) is 18.2 Å². The van der Waals surface area contributed by atoms with Crippen LogP contribution in [0.15, 0.2) is 46.0 Å². The highest BCUT2D eigenvalue weighted by atomic mass is 32.2. The molecule has 2 saturated heterocycles. The van der Waals surface area contributed by atoms with Gasteiger partial charge in [-0.15, -0.1) is 11.3 Å². The van der Waals surface area contributed by atoms with Crippen molar-refractivity contribution in [3.63, 3.8) is 0 Å². The van der Waals surface area contributed by atoms with E-state index in [-0.39, 0.29) is 11.3 Å². The van der Waals surface area contributed by atoms with Gasteiger partial charge >= 0.3 is 0 Å². The van der Waals surface area contributed by atoms with Crippen molar-refractivity contribution in [3.05, 3.63) is 47.3 Å². The normalized spacial score (nSPS) is 24.5. The zero-order valence-corrected chi connectivity index (χ0v) is 15.6. The molecule has 4 rings (SSSR count). The second kappa shape index (κ2) is 5.93. The summed E-state index contributed by atoms with van der Waals surface area (Å²) in [5.74, 6) is 0.0842. The van der Waals surface area contributed by atoms with Crippen molar-refractivity contribution < 1.29 is 13.2 Å². The van der Waals surface area contributed by atoms with Crippen LogP contribution in [0.25, 0.3) is 0 Å². The number of rotatable bonds is 3.